The molecule has 1 aromatic heterocycles. The second-order valence-electron chi connectivity index (χ2n) is 3.88. The van der Waals surface area contributed by atoms with Crippen molar-refractivity contribution in [3.8, 4) is 0 Å². The Kier molecular flexibility index (Phi) is 4.26. The molecule has 0 aliphatic heterocycles. The normalized spacial score (nSPS) is 10.1. The first-order valence-corrected chi connectivity index (χ1v) is 6.80. The van der Waals surface area contributed by atoms with E-state index in [0.717, 1.165) is 0 Å². The lowest BCUT2D eigenvalue weighted by Crippen LogP contribution is -2.14. The van der Waals surface area contributed by atoms with Crippen LogP contribution in [0.2, 0.25) is 5.02 Å². The summed E-state index contributed by atoms with van der Waals surface area (Å²) in [5.41, 5.74) is 6.73. The molecule has 5 nitrogen and oxygen atoms in total. The highest BCUT2D eigenvalue weighted by atomic mass is 35.5. The highest BCUT2D eigenvalue weighted by molar-refractivity contribution is 7.12. The minimum Gasteiger partial charge on any atom is -0.465 e. The third kappa shape index (κ3) is 3.09. The number of methoxy groups -OCH3 is 1. The standard InChI is InChI=1S/C13H11ClN2O3S/c1-19-13(18)11-10(2-3-20-11)16-12(17)7-4-8(14)6-9(15)5-7/h2-6H,15H2,1H3,(H,16,17). The van der Waals surface area contributed by atoms with E-state index in [4.69, 9.17) is 17.3 Å². The van der Waals surface area contributed by atoms with Crippen LogP contribution in [0.25, 0.3) is 0 Å². The Bertz CT molecular complexity index is 649. The summed E-state index contributed by atoms with van der Waals surface area (Å²) in [6.07, 6.45) is 0. The summed E-state index contributed by atoms with van der Waals surface area (Å²) in [7, 11) is 1.28. The molecule has 0 radical (unpaired) electrons. The highest BCUT2D eigenvalue weighted by Gasteiger charge is 2.16. The van der Waals surface area contributed by atoms with Crippen molar-refractivity contribution in [3.63, 3.8) is 0 Å². The van der Waals surface area contributed by atoms with Gasteiger partial charge in [0.05, 0.1) is 12.8 Å². The van der Waals surface area contributed by atoms with Crippen molar-refractivity contribution >= 4 is 46.2 Å². The maximum absolute atomic E-state index is 12.1. The Labute approximate surface area is 124 Å². The van der Waals surface area contributed by atoms with Crippen LogP contribution in [-0.4, -0.2) is 19.0 Å². The quantitative estimate of drug-likeness (QED) is 0.674. The Morgan fingerprint density at radius 2 is 2.10 bits per heavy atom. The van der Waals surface area contributed by atoms with E-state index in [-0.39, 0.29) is 0 Å². The first-order valence-electron chi connectivity index (χ1n) is 5.54. The fraction of sp³-hybridized carbons (Fsp3) is 0.0769. The van der Waals surface area contributed by atoms with Crippen LogP contribution in [0.15, 0.2) is 29.6 Å². The van der Waals surface area contributed by atoms with Crippen LogP contribution in [0.3, 0.4) is 0 Å². The molecule has 1 aromatic carbocycles. The van der Waals surface area contributed by atoms with Crippen LogP contribution in [0.5, 0.6) is 0 Å². The number of amides is 1. The average molecular weight is 311 g/mol. The zero-order valence-corrected chi connectivity index (χ0v) is 12.0. The Balaban J connectivity index is 2.24. The molecule has 0 saturated carbocycles. The van der Waals surface area contributed by atoms with Gasteiger partial charge in [0.2, 0.25) is 0 Å². The Morgan fingerprint density at radius 3 is 2.75 bits per heavy atom. The molecule has 20 heavy (non-hydrogen) atoms. The molecule has 0 aliphatic rings. The number of nitrogen functional groups attached to an aromatic ring is 1. The zero-order valence-electron chi connectivity index (χ0n) is 10.5. The molecule has 2 aromatic rings. The topological polar surface area (TPSA) is 81.4 Å². The van der Waals surface area contributed by atoms with E-state index in [0.29, 0.717) is 26.8 Å². The van der Waals surface area contributed by atoms with Crippen LogP contribution < -0.4 is 11.1 Å². The van der Waals surface area contributed by atoms with Gasteiger partial charge in [-0.05, 0) is 29.6 Å². The summed E-state index contributed by atoms with van der Waals surface area (Å²) < 4.78 is 4.64. The number of carbonyl (C=O) groups is 2. The predicted octanol–water partition coefficient (Wildman–Crippen LogP) is 3.02. The van der Waals surface area contributed by atoms with E-state index in [1.807, 2.05) is 0 Å². The van der Waals surface area contributed by atoms with E-state index < -0.39 is 11.9 Å². The van der Waals surface area contributed by atoms with Crippen LogP contribution in [-0.2, 0) is 4.74 Å². The molecule has 7 heteroatoms. The third-order valence-electron chi connectivity index (χ3n) is 2.47. The van der Waals surface area contributed by atoms with E-state index in [9.17, 15) is 9.59 Å². The summed E-state index contributed by atoms with van der Waals surface area (Å²) in [6, 6.07) is 6.17. The van der Waals surface area contributed by atoms with Gasteiger partial charge < -0.3 is 15.8 Å². The lowest BCUT2D eigenvalue weighted by Gasteiger charge is -2.06. The highest BCUT2D eigenvalue weighted by Crippen LogP contribution is 2.24. The third-order valence-corrected chi connectivity index (χ3v) is 3.58. The molecular formula is C13H11ClN2O3S. The predicted molar refractivity (Wildman–Crippen MR) is 79.5 cm³/mol. The summed E-state index contributed by atoms with van der Waals surface area (Å²) in [5, 5.41) is 4.69. The summed E-state index contributed by atoms with van der Waals surface area (Å²) >= 11 is 7.03. The number of nitrogens with one attached hydrogen (secondary N) is 1. The lowest BCUT2D eigenvalue weighted by molar-refractivity contribution is 0.0607. The molecule has 0 fully saturated rings. The van der Waals surface area contributed by atoms with Crippen molar-refractivity contribution < 1.29 is 14.3 Å². The van der Waals surface area contributed by atoms with Gasteiger partial charge in [-0.3, -0.25) is 4.79 Å². The number of ether oxygens (including phenoxy) is 1. The fourth-order valence-corrected chi connectivity index (χ4v) is 2.61. The molecule has 0 spiro atoms. The van der Waals surface area contributed by atoms with Crippen molar-refractivity contribution in [1.82, 2.24) is 0 Å². The van der Waals surface area contributed by atoms with Crippen LogP contribution in [0.1, 0.15) is 20.0 Å². The summed E-state index contributed by atoms with van der Waals surface area (Å²) in [6.45, 7) is 0. The molecule has 1 heterocycles. The number of anilines is 2. The molecule has 0 atom stereocenters. The number of halogens is 1. The summed E-state index contributed by atoms with van der Waals surface area (Å²) in [5.74, 6) is -0.899. The number of nitrogens with two attached hydrogens (primary N) is 1. The molecule has 104 valence electrons. The van der Waals surface area contributed by atoms with E-state index >= 15 is 0 Å². The molecular weight excluding hydrogens is 300 g/mol. The van der Waals surface area contributed by atoms with Crippen LogP contribution in [0.4, 0.5) is 11.4 Å². The number of benzene rings is 1. The number of carbonyl (C=O) groups excluding carboxylic acids is 2. The van der Waals surface area contributed by atoms with Gasteiger partial charge in [0.1, 0.15) is 4.88 Å². The summed E-state index contributed by atoms with van der Waals surface area (Å²) in [4.78, 5) is 24.0. The van der Waals surface area contributed by atoms with E-state index in [1.54, 1.807) is 17.5 Å². The first-order chi connectivity index (χ1) is 9.51. The molecule has 3 N–H and O–H groups in total. The molecule has 0 unspecified atom stereocenters. The second kappa shape index (κ2) is 5.94. The first kappa shape index (κ1) is 14.4. The molecule has 2 rings (SSSR count). The average Bonchev–Trinajstić information content (AvgIpc) is 2.84. The van der Waals surface area contributed by atoms with Crippen molar-refractivity contribution in [1.29, 1.82) is 0 Å². The second-order valence-corrected chi connectivity index (χ2v) is 5.23. The van der Waals surface area contributed by atoms with Crippen molar-refractivity contribution in [2.45, 2.75) is 0 Å². The van der Waals surface area contributed by atoms with Crippen LogP contribution >= 0.6 is 22.9 Å². The van der Waals surface area contributed by atoms with Gasteiger partial charge in [-0.15, -0.1) is 11.3 Å². The van der Waals surface area contributed by atoms with Gasteiger partial charge in [-0.1, -0.05) is 11.6 Å². The minimum atomic E-state index is -0.499. The zero-order chi connectivity index (χ0) is 14.7. The largest absolute Gasteiger partial charge is 0.465 e. The van der Waals surface area contributed by atoms with Gasteiger partial charge >= 0.3 is 5.97 Å². The molecule has 0 saturated heterocycles. The van der Waals surface area contributed by atoms with E-state index in [2.05, 4.69) is 10.1 Å². The SMILES string of the molecule is COC(=O)c1sccc1NC(=O)c1cc(N)cc(Cl)c1. The maximum Gasteiger partial charge on any atom is 0.350 e. The molecule has 0 aliphatic carbocycles. The number of esters is 1. The smallest absolute Gasteiger partial charge is 0.350 e. The lowest BCUT2D eigenvalue weighted by atomic mass is 10.2. The number of hydrogen-bond acceptors (Lipinski definition) is 5. The van der Waals surface area contributed by atoms with Gasteiger partial charge in [0.15, 0.2) is 0 Å². The van der Waals surface area contributed by atoms with Crippen LogP contribution in [0, 0.1) is 0 Å². The van der Waals surface area contributed by atoms with Gasteiger partial charge in [-0.2, -0.15) is 0 Å². The molecule has 0 bridgehead atoms. The van der Waals surface area contributed by atoms with Gasteiger partial charge in [0.25, 0.3) is 5.91 Å². The van der Waals surface area contributed by atoms with Gasteiger partial charge in [0, 0.05) is 16.3 Å². The van der Waals surface area contributed by atoms with Crippen molar-refractivity contribution in [3.05, 3.63) is 45.1 Å². The fourth-order valence-electron chi connectivity index (χ4n) is 1.60. The number of hydrogen-bond donors (Lipinski definition) is 2. The Morgan fingerprint density at radius 1 is 1.35 bits per heavy atom. The maximum atomic E-state index is 12.1. The number of thiophene rings is 1. The van der Waals surface area contributed by atoms with E-state index in [1.165, 1.54) is 30.6 Å². The van der Waals surface area contributed by atoms with Crippen molar-refractivity contribution in [2.75, 3.05) is 18.2 Å². The molecule has 1 amide bonds. The minimum absolute atomic E-state index is 0.317. The van der Waals surface area contributed by atoms with Gasteiger partial charge in [-0.25, -0.2) is 4.79 Å². The number of rotatable bonds is 3. The monoisotopic (exact) mass is 310 g/mol. The van der Waals surface area contributed by atoms with Crippen molar-refractivity contribution in [2.24, 2.45) is 0 Å². The Hall–Kier alpha value is -2.05.